The van der Waals surface area contributed by atoms with Crippen molar-refractivity contribution in [3.8, 4) is 11.1 Å². The zero-order chi connectivity index (χ0) is 16.1. The molecule has 0 radical (unpaired) electrons. The first kappa shape index (κ1) is 15.5. The van der Waals surface area contributed by atoms with Gasteiger partial charge in [-0.3, -0.25) is 4.98 Å². The summed E-state index contributed by atoms with van der Waals surface area (Å²) in [5, 5.41) is 3.74. The molecular formula is C16H16N4O2. The lowest BCUT2D eigenvalue weighted by Gasteiger charge is -2.16. The van der Waals surface area contributed by atoms with Crippen molar-refractivity contribution >= 4 is 11.7 Å². The van der Waals surface area contributed by atoms with Crippen molar-refractivity contribution in [1.29, 1.82) is 0 Å². The molecule has 0 bridgehead atoms. The minimum absolute atomic E-state index is 0.261. The summed E-state index contributed by atoms with van der Waals surface area (Å²) in [5.74, 6) is -0.472. The molecule has 6 heteroatoms. The van der Waals surface area contributed by atoms with E-state index >= 15 is 0 Å². The van der Waals surface area contributed by atoms with E-state index in [0.29, 0.717) is 28.2 Å². The van der Waals surface area contributed by atoms with Gasteiger partial charge in [0, 0.05) is 16.2 Å². The minimum Gasteiger partial charge on any atom is -0.462 e. The number of aromatic nitrogens is 1. The van der Waals surface area contributed by atoms with Crippen LogP contribution in [0.5, 0.6) is 0 Å². The quantitative estimate of drug-likeness (QED) is 0.360. The van der Waals surface area contributed by atoms with Gasteiger partial charge in [0.2, 0.25) is 0 Å². The van der Waals surface area contributed by atoms with Crippen LogP contribution in [0.2, 0.25) is 0 Å². The van der Waals surface area contributed by atoms with Gasteiger partial charge in [0.05, 0.1) is 23.6 Å². The average molecular weight is 296 g/mol. The number of ether oxygens (including phenoxy) is 1. The number of hydrogen-bond donors (Lipinski definition) is 0. The van der Waals surface area contributed by atoms with Crippen LogP contribution in [0.1, 0.15) is 28.7 Å². The maximum atomic E-state index is 12.3. The zero-order valence-corrected chi connectivity index (χ0v) is 12.7. The van der Waals surface area contributed by atoms with Crippen LogP contribution in [0.4, 0.5) is 5.69 Å². The maximum Gasteiger partial charge on any atom is 0.340 e. The van der Waals surface area contributed by atoms with E-state index in [9.17, 15) is 4.79 Å². The number of nitrogens with zero attached hydrogens (tertiary/aromatic N) is 4. The van der Waals surface area contributed by atoms with Gasteiger partial charge >= 0.3 is 5.97 Å². The molecule has 0 amide bonds. The molecule has 1 aromatic carbocycles. The van der Waals surface area contributed by atoms with Crippen LogP contribution in [-0.4, -0.2) is 17.6 Å². The van der Waals surface area contributed by atoms with E-state index in [1.165, 1.54) is 0 Å². The van der Waals surface area contributed by atoms with E-state index in [4.69, 9.17) is 10.3 Å². The fourth-order valence-electron chi connectivity index (χ4n) is 2.35. The molecule has 0 aliphatic heterocycles. The Morgan fingerprint density at radius 1 is 1.27 bits per heavy atom. The fourth-order valence-corrected chi connectivity index (χ4v) is 2.35. The van der Waals surface area contributed by atoms with E-state index in [1.807, 2.05) is 30.3 Å². The third-order valence-electron chi connectivity index (χ3n) is 3.21. The Hall–Kier alpha value is -2.85. The second-order valence-corrected chi connectivity index (χ2v) is 4.66. The van der Waals surface area contributed by atoms with Crippen molar-refractivity contribution in [3.63, 3.8) is 0 Å². The van der Waals surface area contributed by atoms with E-state index < -0.39 is 5.97 Å². The molecule has 6 nitrogen and oxygen atoms in total. The summed E-state index contributed by atoms with van der Waals surface area (Å²) in [5.41, 5.74) is 12.0. The van der Waals surface area contributed by atoms with Crippen LogP contribution in [0.25, 0.3) is 21.6 Å². The van der Waals surface area contributed by atoms with E-state index in [-0.39, 0.29) is 6.61 Å². The first-order valence-electron chi connectivity index (χ1n) is 6.89. The lowest BCUT2D eigenvalue weighted by molar-refractivity contribution is 0.0526. The van der Waals surface area contributed by atoms with Crippen LogP contribution in [0, 0.1) is 13.8 Å². The van der Waals surface area contributed by atoms with Crippen molar-refractivity contribution in [2.45, 2.75) is 20.8 Å². The predicted molar refractivity (Wildman–Crippen MR) is 83.9 cm³/mol. The molecule has 22 heavy (non-hydrogen) atoms. The number of carbonyl (C=O) groups is 1. The van der Waals surface area contributed by atoms with Gasteiger partial charge < -0.3 is 4.74 Å². The Labute approximate surface area is 128 Å². The number of aryl methyl sites for hydroxylation is 2. The monoisotopic (exact) mass is 296 g/mol. The summed E-state index contributed by atoms with van der Waals surface area (Å²) in [6, 6.07) is 9.30. The first-order chi connectivity index (χ1) is 10.6. The van der Waals surface area contributed by atoms with Crippen LogP contribution in [-0.2, 0) is 4.74 Å². The highest BCUT2D eigenvalue weighted by atomic mass is 16.5. The van der Waals surface area contributed by atoms with Crippen LogP contribution in [0.3, 0.4) is 0 Å². The molecule has 0 N–H and O–H groups in total. The summed E-state index contributed by atoms with van der Waals surface area (Å²) in [6.45, 7) is 5.49. The second-order valence-electron chi connectivity index (χ2n) is 4.66. The van der Waals surface area contributed by atoms with Gasteiger partial charge in [0.15, 0.2) is 0 Å². The van der Waals surface area contributed by atoms with Crippen LogP contribution < -0.4 is 0 Å². The summed E-state index contributed by atoms with van der Waals surface area (Å²) < 4.78 is 5.13. The Bertz CT molecular complexity index is 750. The highest BCUT2D eigenvalue weighted by Crippen LogP contribution is 2.37. The summed E-state index contributed by atoms with van der Waals surface area (Å²) >= 11 is 0. The van der Waals surface area contributed by atoms with Gasteiger partial charge in [0.1, 0.15) is 0 Å². The SMILES string of the molecule is CCOC(=O)c1c(C)nc(C)c(N=[N+]=[N-])c1-c1ccccc1. The molecule has 0 aliphatic carbocycles. The molecule has 2 aromatic rings. The number of hydrogen-bond acceptors (Lipinski definition) is 4. The topological polar surface area (TPSA) is 88.0 Å². The molecule has 0 unspecified atom stereocenters. The molecule has 112 valence electrons. The average Bonchev–Trinajstić information content (AvgIpc) is 2.50. The molecular weight excluding hydrogens is 280 g/mol. The largest absolute Gasteiger partial charge is 0.462 e. The number of azide groups is 1. The zero-order valence-electron chi connectivity index (χ0n) is 12.7. The van der Waals surface area contributed by atoms with Crippen molar-refractivity contribution in [2.75, 3.05) is 6.61 Å². The van der Waals surface area contributed by atoms with Crippen molar-refractivity contribution in [2.24, 2.45) is 5.11 Å². The molecule has 0 aliphatic rings. The molecule has 1 aromatic heterocycles. The fraction of sp³-hybridized carbons (Fsp3) is 0.250. The van der Waals surface area contributed by atoms with Crippen molar-refractivity contribution in [3.05, 3.63) is 57.7 Å². The molecule has 1 heterocycles. The molecule has 2 rings (SSSR count). The summed E-state index contributed by atoms with van der Waals surface area (Å²) in [6.07, 6.45) is 0. The third kappa shape index (κ3) is 2.92. The van der Waals surface area contributed by atoms with Gasteiger partial charge in [-0.25, -0.2) is 4.79 Å². The summed E-state index contributed by atoms with van der Waals surface area (Å²) in [4.78, 5) is 19.5. The number of carbonyl (C=O) groups excluding carboxylic acids is 1. The van der Waals surface area contributed by atoms with E-state index in [2.05, 4.69) is 15.0 Å². The smallest absolute Gasteiger partial charge is 0.340 e. The van der Waals surface area contributed by atoms with Crippen molar-refractivity contribution < 1.29 is 9.53 Å². The molecule has 0 spiro atoms. The highest BCUT2D eigenvalue weighted by Gasteiger charge is 2.22. The first-order valence-corrected chi connectivity index (χ1v) is 6.89. The Balaban J connectivity index is 2.85. The molecule has 0 saturated carbocycles. The summed E-state index contributed by atoms with van der Waals surface area (Å²) in [7, 11) is 0. The lowest BCUT2D eigenvalue weighted by atomic mass is 9.96. The van der Waals surface area contributed by atoms with Gasteiger partial charge in [-0.15, -0.1) is 0 Å². The van der Waals surface area contributed by atoms with Gasteiger partial charge in [-0.1, -0.05) is 35.4 Å². The van der Waals surface area contributed by atoms with Gasteiger partial charge in [0.25, 0.3) is 0 Å². The Kier molecular flexibility index (Phi) is 4.76. The Morgan fingerprint density at radius 3 is 2.55 bits per heavy atom. The number of benzene rings is 1. The number of pyridine rings is 1. The normalized spacial score (nSPS) is 9.95. The predicted octanol–water partition coefficient (Wildman–Crippen LogP) is 4.48. The van der Waals surface area contributed by atoms with Gasteiger partial charge in [-0.2, -0.15) is 0 Å². The van der Waals surface area contributed by atoms with Crippen LogP contribution >= 0.6 is 0 Å². The van der Waals surface area contributed by atoms with E-state index in [1.54, 1.807) is 20.8 Å². The maximum absolute atomic E-state index is 12.3. The number of esters is 1. The molecule has 0 atom stereocenters. The number of rotatable bonds is 4. The standard InChI is InChI=1S/C16H16N4O2/c1-4-22-16(21)13-10(2)18-11(3)15(19-20-17)14(13)12-8-6-5-7-9-12/h5-9H,4H2,1-3H3. The van der Waals surface area contributed by atoms with Gasteiger partial charge in [-0.05, 0) is 31.9 Å². The van der Waals surface area contributed by atoms with E-state index in [0.717, 1.165) is 5.56 Å². The third-order valence-corrected chi connectivity index (χ3v) is 3.21. The van der Waals surface area contributed by atoms with Crippen molar-refractivity contribution in [1.82, 2.24) is 4.98 Å². The highest BCUT2D eigenvalue weighted by molar-refractivity contribution is 6.01. The lowest BCUT2D eigenvalue weighted by Crippen LogP contribution is -2.11. The minimum atomic E-state index is -0.472. The molecule has 0 saturated heterocycles. The van der Waals surface area contributed by atoms with Crippen LogP contribution in [0.15, 0.2) is 35.4 Å². The second kappa shape index (κ2) is 6.74. The molecule has 0 fully saturated rings. The Morgan fingerprint density at radius 2 is 1.95 bits per heavy atom.